The average Bonchev–Trinajstić information content (AvgIpc) is 2.78. The smallest absolute Gasteiger partial charge is 0.142 e. The average molecular weight is 220 g/mol. The van der Waals surface area contributed by atoms with Crippen molar-refractivity contribution in [1.29, 1.82) is 0 Å². The molecular weight excluding hydrogens is 196 g/mol. The Labute approximate surface area is 99.0 Å². The zero-order chi connectivity index (χ0) is 11.8. The Morgan fingerprint density at radius 1 is 1.12 bits per heavy atom. The van der Waals surface area contributed by atoms with E-state index in [0.717, 1.165) is 5.92 Å². The van der Waals surface area contributed by atoms with Crippen molar-refractivity contribution in [1.82, 2.24) is 0 Å². The highest BCUT2D eigenvalue weighted by Crippen LogP contribution is 2.78. The van der Waals surface area contributed by atoms with Crippen molar-refractivity contribution in [3.8, 4) is 0 Å². The Balaban J connectivity index is 2.24. The Bertz CT molecular complexity index is 352. The zero-order valence-corrected chi connectivity index (χ0v) is 11.1. The van der Waals surface area contributed by atoms with E-state index in [0.29, 0.717) is 22.5 Å². The van der Waals surface area contributed by atoms with Gasteiger partial charge in [-0.25, -0.2) is 0 Å². The molecule has 3 aliphatic rings. The first kappa shape index (κ1) is 10.8. The van der Waals surface area contributed by atoms with Gasteiger partial charge < -0.3 is 0 Å². The summed E-state index contributed by atoms with van der Waals surface area (Å²) in [5, 5.41) is 0. The van der Waals surface area contributed by atoms with Gasteiger partial charge in [-0.2, -0.15) is 0 Å². The van der Waals surface area contributed by atoms with Gasteiger partial charge in [0.2, 0.25) is 0 Å². The quantitative estimate of drug-likeness (QED) is 0.606. The molecule has 0 aliphatic heterocycles. The number of ketones is 1. The van der Waals surface area contributed by atoms with Crippen LogP contribution in [-0.4, -0.2) is 5.78 Å². The minimum atomic E-state index is -0.0618. The fourth-order valence-corrected chi connectivity index (χ4v) is 6.23. The molecule has 1 heteroatoms. The summed E-state index contributed by atoms with van der Waals surface area (Å²) in [6.45, 7) is 9.09. The first-order valence-electron chi connectivity index (χ1n) is 6.94. The van der Waals surface area contributed by atoms with Gasteiger partial charge in [0.1, 0.15) is 5.78 Å². The van der Waals surface area contributed by atoms with Gasteiger partial charge in [-0.05, 0) is 42.4 Å². The molecule has 3 fully saturated rings. The van der Waals surface area contributed by atoms with Crippen molar-refractivity contribution in [3.63, 3.8) is 0 Å². The molecule has 0 saturated heterocycles. The van der Waals surface area contributed by atoms with Crippen LogP contribution in [0.2, 0.25) is 0 Å². The maximum Gasteiger partial charge on any atom is 0.142 e. The summed E-state index contributed by atoms with van der Waals surface area (Å²) in [7, 11) is 0. The molecule has 3 rings (SSSR count). The summed E-state index contributed by atoms with van der Waals surface area (Å²) >= 11 is 0. The standard InChI is InChI=1S/C15H24O/c1-10-6-9-14-7-5-8-15(10,14)11(2)12(16)13(14,3)4/h10-11H,5-9H2,1-4H3/t10-,11+,14+,15-/m0/s1. The van der Waals surface area contributed by atoms with Crippen LogP contribution in [-0.2, 0) is 4.79 Å². The van der Waals surface area contributed by atoms with Crippen LogP contribution < -0.4 is 0 Å². The highest BCUT2D eigenvalue weighted by molar-refractivity contribution is 5.91. The third kappa shape index (κ3) is 0.762. The van der Waals surface area contributed by atoms with Crippen LogP contribution in [0.5, 0.6) is 0 Å². The Kier molecular flexibility index (Phi) is 1.85. The van der Waals surface area contributed by atoms with Crippen molar-refractivity contribution in [3.05, 3.63) is 0 Å². The first-order chi connectivity index (χ1) is 7.40. The molecule has 90 valence electrons. The van der Waals surface area contributed by atoms with Crippen LogP contribution in [0.1, 0.15) is 59.8 Å². The van der Waals surface area contributed by atoms with Crippen molar-refractivity contribution in [2.75, 3.05) is 0 Å². The molecule has 0 aromatic rings. The summed E-state index contributed by atoms with van der Waals surface area (Å²) < 4.78 is 0. The summed E-state index contributed by atoms with van der Waals surface area (Å²) in [5.41, 5.74) is 0.664. The third-order valence-electron chi connectivity index (χ3n) is 6.95. The van der Waals surface area contributed by atoms with Crippen LogP contribution in [0.25, 0.3) is 0 Å². The Morgan fingerprint density at radius 3 is 2.44 bits per heavy atom. The molecule has 0 spiro atoms. The second-order valence-electron chi connectivity index (χ2n) is 7.13. The number of hydrogen-bond donors (Lipinski definition) is 0. The fourth-order valence-electron chi connectivity index (χ4n) is 6.23. The number of carbonyl (C=O) groups is 1. The van der Waals surface area contributed by atoms with Gasteiger partial charge in [0.25, 0.3) is 0 Å². The molecule has 1 nitrogen and oxygen atoms in total. The molecule has 3 aliphatic carbocycles. The number of Topliss-reactive ketones (excluding diaryl/α,β-unsaturated/α-hetero) is 1. The lowest BCUT2D eigenvalue weighted by molar-refractivity contribution is -0.130. The molecule has 0 aromatic carbocycles. The van der Waals surface area contributed by atoms with E-state index in [4.69, 9.17) is 0 Å². The van der Waals surface area contributed by atoms with Crippen molar-refractivity contribution < 1.29 is 4.79 Å². The van der Waals surface area contributed by atoms with Gasteiger partial charge in [0, 0.05) is 11.3 Å². The predicted molar refractivity (Wildman–Crippen MR) is 65.1 cm³/mol. The van der Waals surface area contributed by atoms with Gasteiger partial charge in [-0.15, -0.1) is 0 Å². The van der Waals surface area contributed by atoms with Crippen molar-refractivity contribution >= 4 is 5.78 Å². The van der Waals surface area contributed by atoms with Crippen LogP contribution in [0, 0.1) is 28.1 Å². The summed E-state index contributed by atoms with van der Waals surface area (Å²) in [5.74, 6) is 1.62. The maximum atomic E-state index is 12.6. The molecule has 3 saturated carbocycles. The SMILES string of the molecule is C[C@@H]1C(=O)C(C)(C)[C@]23CCC[C@]12[C@@H](C)CC3. The summed E-state index contributed by atoms with van der Waals surface area (Å²) in [6, 6.07) is 0. The van der Waals surface area contributed by atoms with E-state index in [1.54, 1.807) is 0 Å². The van der Waals surface area contributed by atoms with Crippen LogP contribution >= 0.6 is 0 Å². The normalized spacial score (nSPS) is 54.1. The van der Waals surface area contributed by atoms with E-state index in [2.05, 4.69) is 27.7 Å². The van der Waals surface area contributed by atoms with E-state index < -0.39 is 0 Å². The lowest BCUT2D eigenvalue weighted by Gasteiger charge is -2.44. The zero-order valence-electron chi connectivity index (χ0n) is 11.1. The molecule has 0 radical (unpaired) electrons. The third-order valence-corrected chi connectivity index (χ3v) is 6.95. The van der Waals surface area contributed by atoms with Crippen LogP contribution in [0.3, 0.4) is 0 Å². The first-order valence-corrected chi connectivity index (χ1v) is 6.94. The summed E-state index contributed by atoms with van der Waals surface area (Å²) in [4.78, 5) is 12.6. The van der Waals surface area contributed by atoms with Gasteiger partial charge in [0.05, 0.1) is 0 Å². The molecule has 0 amide bonds. The fraction of sp³-hybridized carbons (Fsp3) is 0.933. The number of hydrogen-bond acceptors (Lipinski definition) is 1. The topological polar surface area (TPSA) is 17.1 Å². The maximum absolute atomic E-state index is 12.6. The monoisotopic (exact) mass is 220 g/mol. The van der Waals surface area contributed by atoms with Crippen LogP contribution in [0.4, 0.5) is 0 Å². The molecule has 16 heavy (non-hydrogen) atoms. The Morgan fingerprint density at radius 2 is 1.81 bits per heavy atom. The molecular formula is C15H24O. The van der Waals surface area contributed by atoms with E-state index in [1.165, 1.54) is 32.1 Å². The van der Waals surface area contributed by atoms with Gasteiger partial charge in [-0.1, -0.05) is 34.1 Å². The van der Waals surface area contributed by atoms with Crippen LogP contribution in [0.15, 0.2) is 0 Å². The van der Waals surface area contributed by atoms with E-state index >= 15 is 0 Å². The molecule has 0 N–H and O–H groups in total. The molecule has 0 unspecified atom stereocenters. The van der Waals surface area contributed by atoms with E-state index in [1.807, 2.05) is 0 Å². The highest BCUT2D eigenvalue weighted by Gasteiger charge is 2.75. The van der Waals surface area contributed by atoms with E-state index in [9.17, 15) is 4.79 Å². The number of rotatable bonds is 0. The second kappa shape index (κ2) is 2.73. The van der Waals surface area contributed by atoms with Gasteiger partial charge >= 0.3 is 0 Å². The van der Waals surface area contributed by atoms with Crippen molar-refractivity contribution in [2.24, 2.45) is 28.1 Å². The van der Waals surface area contributed by atoms with E-state index in [-0.39, 0.29) is 5.41 Å². The highest BCUT2D eigenvalue weighted by atomic mass is 16.1. The minimum absolute atomic E-state index is 0.0618. The van der Waals surface area contributed by atoms with Crippen molar-refractivity contribution in [2.45, 2.75) is 59.8 Å². The largest absolute Gasteiger partial charge is 0.299 e. The van der Waals surface area contributed by atoms with Gasteiger partial charge in [-0.3, -0.25) is 4.79 Å². The Hall–Kier alpha value is -0.330. The predicted octanol–water partition coefficient (Wildman–Crippen LogP) is 3.82. The lowest BCUT2D eigenvalue weighted by atomic mass is 9.58. The number of carbonyl (C=O) groups excluding carboxylic acids is 1. The lowest BCUT2D eigenvalue weighted by Crippen LogP contribution is -2.41. The molecule has 0 aromatic heterocycles. The second-order valence-corrected chi connectivity index (χ2v) is 7.13. The van der Waals surface area contributed by atoms with Gasteiger partial charge in [0.15, 0.2) is 0 Å². The molecule has 0 heterocycles. The molecule has 4 atom stereocenters. The minimum Gasteiger partial charge on any atom is -0.299 e. The summed E-state index contributed by atoms with van der Waals surface area (Å²) in [6.07, 6.45) is 6.62. The molecule has 0 bridgehead atoms.